The molecule has 1 aromatic heterocycles. The first-order valence-corrected chi connectivity index (χ1v) is 8.40. The highest BCUT2D eigenvalue weighted by molar-refractivity contribution is 14.0. The number of aryl methyl sites for hydroxylation is 1. The number of rotatable bonds is 3. The molecule has 8 heteroatoms. The van der Waals surface area contributed by atoms with Crippen molar-refractivity contribution in [3.8, 4) is 0 Å². The minimum atomic E-state index is -0.207. The van der Waals surface area contributed by atoms with Gasteiger partial charge < -0.3 is 15.5 Å². The van der Waals surface area contributed by atoms with Gasteiger partial charge in [0.1, 0.15) is 10.8 Å². The molecule has 1 saturated heterocycles. The van der Waals surface area contributed by atoms with E-state index in [-0.39, 0.29) is 29.8 Å². The van der Waals surface area contributed by atoms with Gasteiger partial charge in [-0.1, -0.05) is 0 Å². The predicted octanol–water partition coefficient (Wildman–Crippen LogP) is 2.85. The lowest BCUT2D eigenvalue weighted by molar-refractivity contribution is 0.380. The molecule has 1 fully saturated rings. The average Bonchev–Trinajstić information content (AvgIpc) is 2.99. The van der Waals surface area contributed by atoms with Gasteiger partial charge in [0.2, 0.25) is 0 Å². The van der Waals surface area contributed by atoms with Gasteiger partial charge in [0, 0.05) is 42.9 Å². The van der Waals surface area contributed by atoms with E-state index in [1.165, 1.54) is 17.0 Å². The number of thiazole rings is 1. The van der Waals surface area contributed by atoms with Crippen LogP contribution in [0.1, 0.15) is 9.88 Å². The fourth-order valence-electron chi connectivity index (χ4n) is 2.57. The Kier molecular flexibility index (Phi) is 6.79. The minimum absolute atomic E-state index is 0. The van der Waals surface area contributed by atoms with E-state index < -0.39 is 0 Å². The molecule has 1 aliphatic rings. The van der Waals surface area contributed by atoms with Crippen LogP contribution in [0.3, 0.4) is 0 Å². The third kappa shape index (κ3) is 4.79. The van der Waals surface area contributed by atoms with E-state index in [4.69, 9.17) is 5.73 Å². The zero-order chi connectivity index (χ0) is 16.2. The van der Waals surface area contributed by atoms with Gasteiger partial charge in [-0.2, -0.15) is 0 Å². The van der Waals surface area contributed by atoms with Crippen LogP contribution in [0.2, 0.25) is 0 Å². The molecule has 1 aliphatic heterocycles. The molecule has 0 unspecified atom stereocenters. The average molecular weight is 461 g/mol. The number of aromatic nitrogens is 1. The standard InChI is InChI=1S/C16H20FN5S.HI/c1-12-10-19-15(23-12)11-20-16(18)22-8-6-21(7-9-22)14-4-2-13(17)3-5-14;/h2-5,10H,6-9,11H2,1H3,(H2,18,20);1H. The fraction of sp³-hybridized carbons (Fsp3) is 0.375. The van der Waals surface area contributed by atoms with Gasteiger partial charge in [0.25, 0.3) is 0 Å². The Labute approximate surface area is 162 Å². The number of hydrogen-bond donors (Lipinski definition) is 1. The first-order valence-electron chi connectivity index (χ1n) is 7.58. The number of nitrogens with zero attached hydrogens (tertiary/aromatic N) is 4. The summed E-state index contributed by atoms with van der Waals surface area (Å²) in [5.41, 5.74) is 7.13. The van der Waals surface area contributed by atoms with Crippen LogP contribution in [0.5, 0.6) is 0 Å². The second-order valence-electron chi connectivity index (χ2n) is 5.49. The van der Waals surface area contributed by atoms with Crippen LogP contribution < -0.4 is 10.6 Å². The molecule has 0 atom stereocenters. The Balaban J connectivity index is 0.00000208. The number of anilines is 1. The van der Waals surface area contributed by atoms with Crippen LogP contribution >= 0.6 is 35.3 Å². The van der Waals surface area contributed by atoms with Gasteiger partial charge in [-0.15, -0.1) is 35.3 Å². The molecular weight excluding hydrogens is 440 g/mol. The molecule has 1 aromatic carbocycles. The Morgan fingerprint density at radius 3 is 2.50 bits per heavy atom. The first kappa shape index (κ1) is 18.9. The highest BCUT2D eigenvalue weighted by Gasteiger charge is 2.18. The largest absolute Gasteiger partial charge is 0.370 e. The third-order valence-electron chi connectivity index (χ3n) is 3.84. The quantitative estimate of drug-likeness (QED) is 0.434. The van der Waals surface area contributed by atoms with Crippen molar-refractivity contribution in [1.82, 2.24) is 9.88 Å². The summed E-state index contributed by atoms with van der Waals surface area (Å²) in [5, 5.41) is 0.982. The van der Waals surface area contributed by atoms with Gasteiger partial charge in [0.15, 0.2) is 5.96 Å². The Bertz CT molecular complexity index is 680. The summed E-state index contributed by atoms with van der Waals surface area (Å²) in [5.74, 6) is 0.359. The number of nitrogens with two attached hydrogens (primary N) is 1. The van der Waals surface area contributed by atoms with Gasteiger partial charge in [-0.25, -0.2) is 14.4 Å². The lowest BCUT2D eigenvalue weighted by atomic mass is 10.2. The normalized spacial score (nSPS) is 15.3. The van der Waals surface area contributed by atoms with E-state index in [1.807, 2.05) is 25.3 Å². The molecule has 5 nitrogen and oxygen atoms in total. The lowest BCUT2D eigenvalue weighted by Crippen LogP contribution is -2.51. The maximum Gasteiger partial charge on any atom is 0.191 e. The van der Waals surface area contributed by atoms with Crippen molar-refractivity contribution < 1.29 is 4.39 Å². The van der Waals surface area contributed by atoms with Crippen LogP contribution in [0, 0.1) is 12.7 Å². The second kappa shape index (κ2) is 8.61. The predicted molar refractivity (Wildman–Crippen MR) is 108 cm³/mol. The zero-order valence-electron chi connectivity index (χ0n) is 13.5. The van der Waals surface area contributed by atoms with Crippen LogP contribution in [-0.2, 0) is 6.54 Å². The van der Waals surface area contributed by atoms with Crippen LogP contribution in [0.4, 0.5) is 10.1 Å². The molecule has 130 valence electrons. The highest BCUT2D eigenvalue weighted by atomic mass is 127. The summed E-state index contributed by atoms with van der Waals surface area (Å²) in [4.78, 5) is 14.2. The maximum atomic E-state index is 13.0. The molecule has 3 rings (SSSR count). The summed E-state index contributed by atoms with van der Waals surface area (Å²) < 4.78 is 13.0. The van der Waals surface area contributed by atoms with Crippen LogP contribution in [0.15, 0.2) is 35.5 Å². The summed E-state index contributed by atoms with van der Waals surface area (Å²) in [7, 11) is 0. The lowest BCUT2D eigenvalue weighted by Gasteiger charge is -2.36. The molecule has 2 aromatic rings. The molecule has 0 aliphatic carbocycles. The molecule has 0 radical (unpaired) electrons. The number of guanidine groups is 1. The van der Waals surface area contributed by atoms with E-state index in [0.29, 0.717) is 12.5 Å². The summed E-state index contributed by atoms with van der Waals surface area (Å²) in [6, 6.07) is 6.61. The molecular formula is C16H21FIN5S. The molecule has 0 spiro atoms. The van der Waals surface area contributed by atoms with Gasteiger partial charge in [-0.3, -0.25) is 0 Å². The van der Waals surface area contributed by atoms with E-state index in [2.05, 4.69) is 19.8 Å². The summed E-state index contributed by atoms with van der Waals surface area (Å²) >= 11 is 1.64. The van der Waals surface area contributed by atoms with Crippen LogP contribution in [0.25, 0.3) is 0 Å². The number of piperazine rings is 1. The zero-order valence-corrected chi connectivity index (χ0v) is 16.6. The Morgan fingerprint density at radius 1 is 1.25 bits per heavy atom. The van der Waals surface area contributed by atoms with Crippen molar-refractivity contribution >= 4 is 47.0 Å². The molecule has 0 bridgehead atoms. The van der Waals surface area contributed by atoms with Crippen molar-refractivity contribution in [1.29, 1.82) is 0 Å². The van der Waals surface area contributed by atoms with Crippen molar-refractivity contribution in [2.75, 3.05) is 31.1 Å². The molecule has 2 N–H and O–H groups in total. The SMILES string of the molecule is Cc1cnc(CN=C(N)N2CCN(c3ccc(F)cc3)CC2)s1.I. The molecule has 24 heavy (non-hydrogen) atoms. The van der Waals surface area contributed by atoms with E-state index in [0.717, 1.165) is 36.9 Å². The second-order valence-corrected chi connectivity index (χ2v) is 6.81. The van der Waals surface area contributed by atoms with Gasteiger partial charge in [0.05, 0.1) is 6.54 Å². The number of aliphatic imine (C=N–C) groups is 1. The maximum absolute atomic E-state index is 13.0. The van der Waals surface area contributed by atoms with Gasteiger partial charge in [-0.05, 0) is 31.2 Å². The van der Waals surface area contributed by atoms with E-state index in [1.54, 1.807) is 11.3 Å². The van der Waals surface area contributed by atoms with E-state index >= 15 is 0 Å². The highest BCUT2D eigenvalue weighted by Crippen LogP contribution is 2.17. The Hall–Kier alpha value is -1.42. The van der Waals surface area contributed by atoms with Crippen molar-refractivity contribution in [3.05, 3.63) is 46.2 Å². The number of hydrogen-bond acceptors (Lipinski definition) is 4. The minimum Gasteiger partial charge on any atom is -0.370 e. The number of benzene rings is 1. The van der Waals surface area contributed by atoms with E-state index in [9.17, 15) is 4.39 Å². The monoisotopic (exact) mass is 461 g/mol. The van der Waals surface area contributed by atoms with Crippen molar-refractivity contribution in [2.45, 2.75) is 13.5 Å². The fourth-order valence-corrected chi connectivity index (χ4v) is 3.28. The molecule has 2 heterocycles. The molecule has 0 amide bonds. The Morgan fingerprint density at radius 2 is 1.92 bits per heavy atom. The summed E-state index contributed by atoms with van der Waals surface area (Å²) in [6.45, 7) is 5.87. The number of halogens is 2. The topological polar surface area (TPSA) is 57.8 Å². The van der Waals surface area contributed by atoms with Crippen LogP contribution in [-0.4, -0.2) is 42.0 Å². The van der Waals surface area contributed by atoms with Gasteiger partial charge >= 0.3 is 0 Å². The molecule has 0 saturated carbocycles. The summed E-state index contributed by atoms with van der Waals surface area (Å²) in [6.07, 6.45) is 1.85. The van der Waals surface area contributed by atoms with Crippen molar-refractivity contribution in [2.24, 2.45) is 10.7 Å². The smallest absolute Gasteiger partial charge is 0.191 e. The first-order chi connectivity index (χ1) is 11.1. The van der Waals surface area contributed by atoms with Crippen molar-refractivity contribution in [3.63, 3.8) is 0 Å². The third-order valence-corrected chi connectivity index (χ3v) is 4.74.